The van der Waals surface area contributed by atoms with Crippen LogP contribution < -0.4 is 10.6 Å². The molecule has 0 spiro atoms. The largest absolute Gasteiger partial charge is 0.335 e. The van der Waals surface area contributed by atoms with Gasteiger partial charge in [-0.1, -0.05) is 63.2 Å². The third kappa shape index (κ3) is 5.83. The zero-order valence-corrected chi connectivity index (χ0v) is 16.7. The zero-order valence-electron chi connectivity index (χ0n) is 16.7. The molecule has 2 amide bonds. The number of urea groups is 1. The summed E-state index contributed by atoms with van der Waals surface area (Å²) in [5.41, 5.74) is 3.75. The Labute approximate surface area is 163 Å². The molecule has 2 aromatic rings. The highest BCUT2D eigenvalue weighted by atomic mass is 16.2. The summed E-state index contributed by atoms with van der Waals surface area (Å²) in [6, 6.07) is 18.7. The van der Waals surface area contributed by atoms with Crippen molar-refractivity contribution in [2.75, 3.05) is 18.4 Å². The van der Waals surface area contributed by atoms with Gasteiger partial charge in [0.25, 0.3) is 0 Å². The molecule has 1 fully saturated rings. The van der Waals surface area contributed by atoms with Crippen LogP contribution in [0.2, 0.25) is 0 Å². The minimum atomic E-state index is -0.114. The van der Waals surface area contributed by atoms with E-state index in [1.54, 1.807) is 0 Å². The summed E-state index contributed by atoms with van der Waals surface area (Å²) in [7, 11) is 0. The van der Waals surface area contributed by atoms with Gasteiger partial charge in [-0.2, -0.15) is 0 Å². The van der Waals surface area contributed by atoms with Crippen LogP contribution in [0.25, 0.3) is 0 Å². The van der Waals surface area contributed by atoms with Crippen molar-refractivity contribution < 1.29 is 4.79 Å². The van der Waals surface area contributed by atoms with E-state index in [1.807, 2.05) is 30.3 Å². The number of nitrogens with zero attached hydrogens (tertiary/aromatic N) is 1. The molecule has 0 saturated carbocycles. The van der Waals surface area contributed by atoms with Gasteiger partial charge in [0.15, 0.2) is 0 Å². The van der Waals surface area contributed by atoms with Crippen LogP contribution >= 0.6 is 0 Å². The normalized spacial score (nSPS) is 16.1. The summed E-state index contributed by atoms with van der Waals surface area (Å²) >= 11 is 0. The Morgan fingerprint density at radius 1 is 1.00 bits per heavy atom. The second kappa shape index (κ2) is 8.57. The first-order valence-corrected chi connectivity index (χ1v) is 9.84. The maximum Gasteiger partial charge on any atom is 0.319 e. The van der Waals surface area contributed by atoms with E-state index in [1.165, 1.54) is 11.1 Å². The van der Waals surface area contributed by atoms with E-state index >= 15 is 0 Å². The van der Waals surface area contributed by atoms with Crippen molar-refractivity contribution in [2.45, 2.75) is 51.6 Å². The van der Waals surface area contributed by atoms with E-state index in [2.05, 4.69) is 60.6 Å². The number of anilines is 1. The summed E-state index contributed by atoms with van der Waals surface area (Å²) < 4.78 is 0. The Bertz CT molecular complexity index is 726. The topological polar surface area (TPSA) is 44.4 Å². The highest BCUT2D eigenvalue weighted by Gasteiger charge is 2.21. The van der Waals surface area contributed by atoms with Crippen LogP contribution in [-0.4, -0.2) is 30.1 Å². The number of rotatable bonds is 4. The van der Waals surface area contributed by atoms with Gasteiger partial charge < -0.3 is 10.6 Å². The molecule has 0 radical (unpaired) electrons. The fourth-order valence-corrected chi connectivity index (χ4v) is 3.48. The minimum absolute atomic E-state index is 0.114. The van der Waals surface area contributed by atoms with Crippen molar-refractivity contribution in [3.63, 3.8) is 0 Å². The van der Waals surface area contributed by atoms with E-state index in [0.717, 1.165) is 38.2 Å². The summed E-state index contributed by atoms with van der Waals surface area (Å²) in [5, 5.41) is 5.99. The van der Waals surface area contributed by atoms with Gasteiger partial charge in [0.1, 0.15) is 0 Å². The third-order valence-corrected chi connectivity index (χ3v) is 5.18. The van der Waals surface area contributed by atoms with Crippen molar-refractivity contribution in [1.82, 2.24) is 10.2 Å². The molecule has 2 aromatic carbocycles. The zero-order chi connectivity index (χ0) is 19.3. The van der Waals surface area contributed by atoms with E-state index in [9.17, 15) is 4.79 Å². The molecule has 0 aromatic heterocycles. The van der Waals surface area contributed by atoms with Crippen molar-refractivity contribution in [2.24, 2.45) is 0 Å². The minimum Gasteiger partial charge on any atom is -0.335 e. The van der Waals surface area contributed by atoms with Crippen LogP contribution in [0.5, 0.6) is 0 Å². The number of amides is 2. The number of piperidine rings is 1. The second-order valence-electron chi connectivity index (χ2n) is 8.46. The molecule has 1 aliphatic rings. The quantitative estimate of drug-likeness (QED) is 0.820. The van der Waals surface area contributed by atoms with Crippen molar-refractivity contribution >= 4 is 11.7 Å². The third-order valence-electron chi connectivity index (χ3n) is 5.18. The molecule has 0 aliphatic carbocycles. The van der Waals surface area contributed by atoms with Crippen molar-refractivity contribution in [3.8, 4) is 0 Å². The lowest BCUT2D eigenvalue weighted by Gasteiger charge is -2.32. The molecular weight excluding hydrogens is 334 g/mol. The number of benzene rings is 2. The fourth-order valence-electron chi connectivity index (χ4n) is 3.48. The molecule has 0 bridgehead atoms. The van der Waals surface area contributed by atoms with Crippen LogP contribution in [0.15, 0.2) is 54.6 Å². The first-order valence-electron chi connectivity index (χ1n) is 9.84. The molecule has 1 aliphatic heterocycles. The molecule has 27 heavy (non-hydrogen) atoms. The Hall–Kier alpha value is -2.33. The first-order chi connectivity index (χ1) is 12.9. The second-order valence-corrected chi connectivity index (χ2v) is 8.46. The number of carbonyl (C=O) groups is 1. The monoisotopic (exact) mass is 365 g/mol. The van der Waals surface area contributed by atoms with Gasteiger partial charge in [-0.15, -0.1) is 0 Å². The fraction of sp³-hybridized carbons (Fsp3) is 0.435. The SMILES string of the molecule is CC(C)(C)c1ccc(CN2CCC(NC(=O)Nc3ccccc3)CC2)cc1. The molecule has 2 N–H and O–H groups in total. The standard InChI is InChI=1S/C23H31N3O/c1-23(2,3)19-11-9-18(10-12-19)17-26-15-13-21(14-16-26)25-22(27)24-20-7-5-4-6-8-20/h4-12,21H,13-17H2,1-3H3,(H2,24,25,27). The van der Waals surface area contributed by atoms with E-state index in [0.29, 0.717) is 0 Å². The van der Waals surface area contributed by atoms with Gasteiger partial charge in [0.05, 0.1) is 0 Å². The predicted octanol–water partition coefficient (Wildman–Crippen LogP) is 4.77. The first kappa shape index (κ1) is 19.4. The number of carbonyl (C=O) groups excluding carboxylic acids is 1. The average Bonchev–Trinajstić information content (AvgIpc) is 2.64. The van der Waals surface area contributed by atoms with E-state index in [-0.39, 0.29) is 17.5 Å². The van der Waals surface area contributed by atoms with Crippen molar-refractivity contribution in [3.05, 3.63) is 65.7 Å². The molecule has 0 atom stereocenters. The molecule has 4 nitrogen and oxygen atoms in total. The molecule has 4 heteroatoms. The molecule has 3 rings (SSSR count). The van der Waals surface area contributed by atoms with Crippen LogP contribution in [0, 0.1) is 0 Å². The van der Waals surface area contributed by atoms with Gasteiger partial charge in [-0.3, -0.25) is 4.90 Å². The number of likely N-dealkylation sites (tertiary alicyclic amines) is 1. The van der Waals surface area contributed by atoms with Crippen LogP contribution in [0.3, 0.4) is 0 Å². The number of hydrogen-bond acceptors (Lipinski definition) is 2. The Balaban J connectivity index is 1.43. The Morgan fingerprint density at radius 2 is 1.63 bits per heavy atom. The average molecular weight is 366 g/mol. The van der Waals surface area contributed by atoms with Gasteiger partial charge in [0.2, 0.25) is 0 Å². The number of para-hydroxylation sites is 1. The van der Waals surface area contributed by atoms with Gasteiger partial charge in [0, 0.05) is 31.4 Å². The van der Waals surface area contributed by atoms with Crippen molar-refractivity contribution in [1.29, 1.82) is 0 Å². The van der Waals surface area contributed by atoms with Crippen LogP contribution in [-0.2, 0) is 12.0 Å². The van der Waals surface area contributed by atoms with E-state index in [4.69, 9.17) is 0 Å². The Kier molecular flexibility index (Phi) is 6.17. The summed E-state index contributed by atoms with van der Waals surface area (Å²) in [6.45, 7) is 9.73. The highest BCUT2D eigenvalue weighted by Crippen LogP contribution is 2.23. The lowest BCUT2D eigenvalue weighted by atomic mass is 9.86. The Morgan fingerprint density at radius 3 is 2.22 bits per heavy atom. The molecule has 1 heterocycles. The van der Waals surface area contributed by atoms with Crippen LogP contribution in [0.4, 0.5) is 10.5 Å². The maximum atomic E-state index is 12.1. The maximum absolute atomic E-state index is 12.1. The highest BCUT2D eigenvalue weighted by molar-refractivity contribution is 5.89. The van der Waals surface area contributed by atoms with Gasteiger partial charge in [-0.05, 0) is 41.5 Å². The summed E-state index contributed by atoms with van der Waals surface area (Å²) in [5.74, 6) is 0. The molecular formula is C23H31N3O. The van der Waals surface area contributed by atoms with Crippen LogP contribution in [0.1, 0.15) is 44.7 Å². The lowest BCUT2D eigenvalue weighted by Crippen LogP contribution is -2.45. The molecule has 144 valence electrons. The summed E-state index contributed by atoms with van der Waals surface area (Å²) in [6.07, 6.45) is 1.98. The molecule has 0 unspecified atom stereocenters. The van der Waals surface area contributed by atoms with E-state index < -0.39 is 0 Å². The predicted molar refractivity (Wildman–Crippen MR) is 112 cm³/mol. The smallest absolute Gasteiger partial charge is 0.319 e. The number of nitrogens with one attached hydrogen (secondary N) is 2. The molecule has 1 saturated heterocycles. The summed E-state index contributed by atoms with van der Waals surface area (Å²) in [4.78, 5) is 14.6. The van der Waals surface area contributed by atoms with Gasteiger partial charge in [-0.25, -0.2) is 4.79 Å². The lowest BCUT2D eigenvalue weighted by molar-refractivity contribution is 0.190. The number of hydrogen-bond donors (Lipinski definition) is 2. The van der Waals surface area contributed by atoms with Gasteiger partial charge >= 0.3 is 6.03 Å².